The standard InChI is InChI=1S/C29H41N3O5S/c1-5-27(29(34)30-24-10-8-7-9-11-24)31(20-23-14-12-22(3)13-15-23)28(33)21-32(38(4,35)36)25-16-18-26(19-17-25)37-6-2/h12-19,24,27H,5-11,20-21H2,1-4H3,(H,30,34)/t27-/m0/s1. The summed E-state index contributed by atoms with van der Waals surface area (Å²) in [6.45, 7) is 6.01. The van der Waals surface area contributed by atoms with Crippen molar-refractivity contribution in [1.29, 1.82) is 0 Å². The molecule has 2 amide bonds. The quantitative estimate of drug-likeness (QED) is 0.428. The van der Waals surface area contributed by atoms with E-state index < -0.39 is 28.5 Å². The zero-order chi connectivity index (χ0) is 27.7. The van der Waals surface area contributed by atoms with Crippen molar-refractivity contribution < 1.29 is 22.7 Å². The summed E-state index contributed by atoms with van der Waals surface area (Å²) < 4.78 is 32.1. The van der Waals surface area contributed by atoms with Gasteiger partial charge in [0.2, 0.25) is 21.8 Å². The van der Waals surface area contributed by atoms with E-state index in [2.05, 4.69) is 5.32 Å². The molecule has 0 spiro atoms. The number of benzene rings is 2. The van der Waals surface area contributed by atoms with Crippen molar-refractivity contribution in [3.8, 4) is 5.75 Å². The number of hydrogen-bond donors (Lipinski definition) is 1. The second kappa shape index (κ2) is 13.6. The Morgan fingerprint density at radius 1 is 1.00 bits per heavy atom. The normalized spacial score (nSPS) is 14.9. The Morgan fingerprint density at radius 3 is 2.18 bits per heavy atom. The lowest BCUT2D eigenvalue weighted by Crippen LogP contribution is -2.53. The van der Waals surface area contributed by atoms with Gasteiger partial charge in [-0.05, 0) is 62.9 Å². The number of carbonyl (C=O) groups excluding carboxylic acids is 2. The summed E-state index contributed by atoms with van der Waals surface area (Å²) in [6, 6.07) is 13.8. The number of ether oxygens (including phenoxy) is 1. The molecule has 0 aromatic heterocycles. The molecular weight excluding hydrogens is 502 g/mol. The first-order chi connectivity index (χ1) is 18.1. The lowest BCUT2D eigenvalue weighted by Gasteiger charge is -2.34. The maximum absolute atomic E-state index is 13.8. The average Bonchev–Trinajstić information content (AvgIpc) is 2.89. The van der Waals surface area contributed by atoms with Gasteiger partial charge in [0.05, 0.1) is 18.6 Å². The molecule has 1 saturated carbocycles. The number of nitrogens with zero attached hydrogens (tertiary/aromatic N) is 2. The highest BCUT2D eigenvalue weighted by Crippen LogP contribution is 2.23. The van der Waals surface area contributed by atoms with Crippen LogP contribution in [0.4, 0.5) is 5.69 Å². The van der Waals surface area contributed by atoms with Crippen LogP contribution in [0.2, 0.25) is 0 Å². The predicted octanol–water partition coefficient (Wildman–Crippen LogP) is 4.42. The van der Waals surface area contributed by atoms with Gasteiger partial charge >= 0.3 is 0 Å². The zero-order valence-corrected chi connectivity index (χ0v) is 23.8. The van der Waals surface area contributed by atoms with Gasteiger partial charge in [-0.1, -0.05) is 56.0 Å². The summed E-state index contributed by atoms with van der Waals surface area (Å²) in [5.41, 5.74) is 2.33. The molecule has 1 fully saturated rings. The minimum absolute atomic E-state index is 0.109. The third-order valence-electron chi connectivity index (χ3n) is 6.93. The average molecular weight is 544 g/mol. The summed E-state index contributed by atoms with van der Waals surface area (Å²) in [4.78, 5) is 28.8. The molecule has 1 aliphatic carbocycles. The number of anilines is 1. The van der Waals surface area contributed by atoms with E-state index >= 15 is 0 Å². The Labute approximate surface area is 227 Å². The van der Waals surface area contributed by atoms with E-state index in [9.17, 15) is 18.0 Å². The SMILES string of the molecule is CCOc1ccc(N(CC(=O)N(Cc2ccc(C)cc2)[C@@H](CC)C(=O)NC2CCCCC2)S(C)(=O)=O)cc1. The summed E-state index contributed by atoms with van der Waals surface area (Å²) in [6.07, 6.45) is 6.71. The second-order valence-electron chi connectivity index (χ2n) is 9.97. The number of carbonyl (C=O) groups is 2. The van der Waals surface area contributed by atoms with E-state index in [1.165, 1.54) is 11.3 Å². The van der Waals surface area contributed by atoms with Crippen LogP contribution in [0.25, 0.3) is 0 Å². The molecule has 2 aromatic rings. The third-order valence-corrected chi connectivity index (χ3v) is 8.07. The first-order valence-corrected chi connectivity index (χ1v) is 15.3. The third kappa shape index (κ3) is 8.21. The number of amides is 2. The fraction of sp³-hybridized carbons (Fsp3) is 0.517. The van der Waals surface area contributed by atoms with Crippen molar-refractivity contribution in [2.75, 3.05) is 23.7 Å². The first kappa shape index (κ1) is 29.5. The van der Waals surface area contributed by atoms with Crippen LogP contribution in [0.5, 0.6) is 5.75 Å². The van der Waals surface area contributed by atoms with E-state index in [-0.39, 0.29) is 18.5 Å². The molecule has 0 bridgehead atoms. The molecule has 0 saturated heterocycles. The van der Waals surface area contributed by atoms with Gasteiger partial charge in [-0.3, -0.25) is 13.9 Å². The largest absolute Gasteiger partial charge is 0.494 e. The molecule has 2 aromatic carbocycles. The van der Waals surface area contributed by atoms with E-state index in [4.69, 9.17) is 4.74 Å². The van der Waals surface area contributed by atoms with Gasteiger partial charge in [-0.2, -0.15) is 0 Å². The van der Waals surface area contributed by atoms with Gasteiger partial charge in [-0.25, -0.2) is 8.42 Å². The van der Waals surface area contributed by atoms with Crippen molar-refractivity contribution in [1.82, 2.24) is 10.2 Å². The number of nitrogens with one attached hydrogen (secondary N) is 1. The maximum Gasteiger partial charge on any atom is 0.244 e. The number of rotatable bonds is 12. The fourth-order valence-corrected chi connectivity index (χ4v) is 5.69. The van der Waals surface area contributed by atoms with Gasteiger partial charge in [0.25, 0.3) is 0 Å². The molecule has 0 aliphatic heterocycles. The van der Waals surface area contributed by atoms with Crippen molar-refractivity contribution >= 4 is 27.5 Å². The van der Waals surface area contributed by atoms with Gasteiger partial charge < -0.3 is 15.0 Å². The van der Waals surface area contributed by atoms with Crippen LogP contribution in [0.15, 0.2) is 48.5 Å². The minimum Gasteiger partial charge on any atom is -0.494 e. The van der Waals surface area contributed by atoms with E-state index in [0.717, 1.165) is 47.4 Å². The van der Waals surface area contributed by atoms with E-state index in [1.807, 2.05) is 45.0 Å². The number of hydrogen-bond acceptors (Lipinski definition) is 5. The molecule has 1 aliphatic rings. The summed E-state index contributed by atoms with van der Waals surface area (Å²) in [5, 5.41) is 3.15. The van der Waals surface area contributed by atoms with E-state index in [0.29, 0.717) is 24.5 Å². The minimum atomic E-state index is -3.78. The maximum atomic E-state index is 13.8. The van der Waals surface area contributed by atoms with Crippen molar-refractivity contribution in [3.05, 3.63) is 59.7 Å². The molecule has 0 heterocycles. The molecule has 9 heteroatoms. The van der Waals surface area contributed by atoms with E-state index in [1.54, 1.807) is 24.3 Å². The summed E-state index contributed by atoms with van der Waals surface area (Å²) >= 11 is 0. The van der Waals surface area contributed by atoms with Crippen LogP contribution in [-0.4, -0.2) is 56.6 Å². The molecule has 8 nitrogen and oxygen atoms in total. The number of aryl methyl sites for hydroxylation is 1. The van der Waals surface area contributed by atoms with Gasteiger partial charge in [0.1, 0.15) is 18.3 Å². The Hall–Kier alpha value is -3.07. The van der Waals surface area contributed by atoms with Crippen molar-refractivity contribution in [2.45, 2.75) is 77.9 Å². The molecular formula is C29H41N3O5S. The Kier molecular flexibility index (Phi) is 10.6. The smallest absolute Gasteiger partial charge is 0.244 e. The Bertz CT molecular complexity index is 1160. The van der Waals surface area contributed by atoms with Crippen molar-refractivity contribution in [2.24, 2.45) is 0 Å². The van der Waals surface area contributed by atoms with Gasteiger partial charge in [0.15, 0.2) is 0 Å². The van der Waals surface area contributed by atoms with Crippen LogP contribution in [0, 0.1) is 6.92 Å². The Morgan fingerprint density at radius 2 is 1.63 bits per heavy atom. The topological polar surface area (TPSA) is 96.0 Å². The first-order valence-electron chi connectivity index (χ1n) is 13.5. The molecule has 1 N–H and O–H groups in total. The van der Waals surface area contributed by atoms with Gasteiger partial charge in [0, 0.05) is 12.6 Å². The van der Waals surface area contributed by atoms with Crippen LogP contribution in [0.3, 0.4) is 0 Å². The summed E-state index contributed by atoms with van der Waals surface area (Å²) in [7, 11) is -3.78. The highest BCUT2D eigenvalue weighted by atomic mass is 32.2. The number of sulfonamides is 1. The lowest BCUT2D eigenvalue weighted by molar-refractivity contribution is -0.140. The summed E-state index contributed by atoms with van der Waals surface area (Å²) in [5.74, 6) is -0.00943. The van der Waals surface area contributed by atoms with Crippen LogP contribution < -0.4 is 14.4 Å². The zero-order valence-electron chi connectivity index (χ0n) is 23.0. The van der Waals surface area contributed by atoms with Gasteiger partial charge in [-0.15, -0.1) is 0 Å². The molecule has 0 unspecified atom stereocenters. The Balaban J connectivity index is 1.89. The van der Waals surface area contributed by atoms with Crippen molar-refractivity contribution in [3.63, 3.8) is 0 Å². The monoisotopic (exact) mass is 543 g/mol. The predicted molar refractivity (Wildman–Crippen MR) is 151 cm³/mol. The fourth-order valence-electron chi connectivity index (χ4n) is 4.84. The molecule has 208 valence electrons. The van der Waals surface area contributed by atoms with Crippen LogP contribution in [0.1, 0.15) is 63.5 Å². The molecule has 3 rings (SSSR count). The van der Waals surface area contributed by atoms with Crippen LogP contribution >= 0.6 is 0 Å². The second-order valence-corrected chi connectivity index (χ2v) is 11.9. The molecule has 1 atom stereocenters. The lowest BCUT2D eigenvalue weighted by atomic mass is 9.95. The molecule has 0 radical (unpaired) electrons. The highest BCUT2D eigenvalue weighted by molar-refractivity contribution is 7.92. The molecule has 38 heavy (non-hydrogen) atoms. The highest BCUT2D eigenvalue weighted by Gasteiger charge is 2.32. The van der Waals surface area contributed by atoms with Crippen LogP contribution in [-0.2, 0) is 26.2 Å².